The van der Waals surface area contributed by atoms with Crippen molar-refractivity contribution in [1.29, 1.82) is 0 Å². The maximum atomic E-state index is 12.8. The zero-order valence-electron chi connectivity index (χ0n) is 13.0. The molecule has 0 aliphatic carbocycles. The second-order valence-corrected chi connectivity index (χ2v) is 5.69. The highest BCUT2D eigenvalue weighted by Crippen LogP contribution is 2.30. The molecule has 0 spiro atoms. The summed E-state index contributed by atoms with van der Waals surface area (Å²) in [5, 5.41) is 0. The van der Waals surface area contributed by atoms with Crippen molar-refractivity contribution in [2.75, 3.05) is 31.1 Å². The summed E-state index contributed by atoms with van der Waals surface area (Å²) in [6.45, 7) is 2.30. The molecule has 0 bridgehead atoms. The molecule has 3 rings (SSSR count). The Morgan fingerprint density at radius 3 is 2.17 bits per heavy atom. The Bertz CT molecular complexity index is 708. The predicted octanol–water partition coefficient (Wildman–Crippen LogP) is 3.67. The van der Waals surface area contributed by atoms with Crippen LogP contribution in [0.25, 0.3) is 0 Å². The lowest BCUT2D eigenvalue weighted by Crippen LogP contribution is -2.48. The second kappa shape index (κ2) is 6.55. The molecule has 2 aromatic rings. The van der Waals surface area contributed by atoms with Crippen molar-refractivity contribution in [1.82, 2.24) is 4.90 Å². The van der Waals surface area contributed by atoms with E-state index in [1.165, 1.54) is 12.1 Å². The third-order valence-corrected chi connectivity index (χ3v) is 4.13. The van der Waals surface area contributed by atoms with Crippen LogP contribution < -0.4 is 4.90 Å². The lowest BCUT2D eigenvalue weighted by Gasteiger charge is -2.36. The van der Waals surface area contributed by atoms with E-state index in [2.05, 4.69) is 4.90 Å². The number of hydrogen-bond donors (Lipinski definition) is 0. The number of amides is 1. The number of para-hydroxylation sites is 1. The van der Waals surface area contributed by atoms with Gasteiger partial charge in [-0.25, -0.2) is 0 Å². The van der Waals surface area contributed by atoms with Crippen LogP contribution in [0.2, 0.25) is 0 Å². The zero-order chi connectivity index (χ0) is 17.2. The fraction of sp³-hybridized carbons (Fsp3) is 0.278. The number of benzene rings is 2. The molecule has 1 heterocycles. The molecule has 1 amide bonds. The number of alkyl halides is 3. The predicted molar refractivity (Wildman–Crippen MR) is 86.0 cm³/mol. The highest BCUT2D eigenvalue weighted by molar-refractivity contribution is 5.94. The molecule has 0 unspecified atom stereocenters. The van der Waals surface area contributed by atoms with Gasteiger partial charge >= 0.3 is 6.18 Å². The lowest BCUT2D eigenvalue weighted by molar-refractivity contribution is -0.137. The van der Waals surface area contributed by atoms with E-state index in [-0.39, 0.29) is 11.5 Å². The fourth-order valence-corrected chi connectivity index (χ4v) is 2.82. The highest BCUT2D eigenvalue weighted by atomic mass is 19.4. The lowest BCUT2D eigenvalue weighted by atomic mass is 10.1. The average Bonchev–Trinajstić information content (AvgIpc) is 2.61. The Balaban J connectivity index is 1.67. The smallest absolute Gasteiger partial charge is 0.368 e. The first kappa shape index (κ1) is 16.4. The standard InChI is InChI=1S/C18H17F3N2O/c19-18(20,21)15-6-4-5-14(13-15)17(24)23-11-9-22(10-12-23)16-7-2-1-3-8-16/h1-8,13H,9-12H2. The third-order valence-electron chi connectivity index (χ3n) is 4.13. The Morgan fingerprint density at radius 2 is 1.54 bits per heavy atom. The molecule has 1 aliphatic rings. The number of anilines is 1. The van der Waals surface area contributed by atoms with Gasteiger partial charge in [0.1, 0.15) is 0 Å². The molecule has 1 saturated heterocycles. The summed E-state index contributed by atoms with van der Waals surface area (Å²) in [4.78, 5) is 16.2. The largest absolute Gasteiger partial charge is 0.416 e. The summed E-state index contributed by atoms with van der Waals surface area (Å²) >= 11 is 0. The Hall–Kier alpha value is -2.50. The second-order valence-electron chi connectivity index (χ2n) is 5.69. The van der Waals surface area contributed by atoms with Crippen LogP contribution >= 0.6 is 0 Å². The van der Waals surface area contributed by atoms with Gasteiger partial charge in [-0.15, -0.1) is 0 Å². The van der Waals surface area contributed by atoms with Crippen LogP contribution in [0.5, 0.6) is 0 Å². The van der Waals surface area contributed by atoms with Gasteiger partial charge in [-0.3, -0.25) is 4.79 Å². The van der Waals surface area contributed by atoms with Crippen molar-refractivity contribution >= 4 is 11.6 Å². The van der Waals surface area contributed by atoms with Gasteiger partial charge in [-0.1, -0.05) is 24.3 Å². The van der Waals surface area contributed by atoms with Crippen LogP contribution in [-0.2, 0) is 6.18 Å². The van der Waals surface area contributed by atoms with Gasteiger partial charge in [0.15, 0.2) is 0 Å². The van der Waals surface area contributed by atoms with Gasteiger partial charge in [0.2, 0.25) is 0 Å². The Labute approximate surface area is 138 Å². The fourth-order valence-electron chi connectivity index (χ4n) is 2.82. The summed E-state index contributed by atoms with van der Waals surface area (Å²) in [7, 11) is 0. The summed E-state index contributed by atoms with van der Waals surface area (Å²) < 4.78 is 38.3. The highest BCUT2D eigenvalue weighted by Gasteiger charge is 2.31. The summed E-state index contributed by atoms with van der Waals surface area (Å²) in [6, 6.07) is 14.5. The Morgan fingerprint density at radius 1 is 0.875 bits per heavy atom. The zero-order valence-corrected chi connectivity index (χ0v) is 13.0. The van der Waals surface area contributed by atoms with Crippen LogP contribution in [0.4, 0.5) is 18.9 Å². The molecule has 0 aromatic heterocycles. The average molecular weight is 334 g/mol. The topological polar surface area (TPSA) is 23.6 Å². The van der Waals surface area contributed by atoms with Crippen LogP contribution in [0.15, 0.2) is 54.6 Å². The Kier molecular flexibility index (Phi) is 4.46. The molecule has 126 valence electrons. The number of carbonyl (C=O) groups excluding carboxylic acids is 1. The van der Waals surface area contributed by atoms with E-state index in [9.17, 15) is 18.0 Å². The van der Waals surface area contributed by atoms with Gasteiger partial charge in [-0.2, -0.15) is 13.2 Å². The minimum absolute atomic E-state index is 0.0815. The molecule has 0 N–H and O–H groups in total. The SMILES string of the molecule is O=C(c1cccc(C(F)(F)F)c1)N1CCN(c2ccccc2)CC1. The maximum absolute atomic E-state index is 12.8. The van der Waals surface area contributed by atoms with Gasteiger partial charge in [-0.05, 0) is 30.3 Å². The van der Waals surface area contributed by atoms with Crippen LogP contribution in [0.1, 0.15) is 15.9 Å². The third kappa shape index (κ3) is 3.53. The summed E-state index contributed by atoms with van der Waals surface area (Å²) in [5.74, 6) is -0.353. The van der Waals surface area contributed by atoms with Crippen molar-refractivity contribution in [3.05, 3.63) is 65.7 Å². The van der Waals surface area contributed by atoms with Crippen molar-refractivity contribution in [3.63, 3.8) is 0 Å². The molecule has 6 heteroatoms. The van der Waals surface area contributed by atoms with Crippen molar-refractivity contribution in [2.24, 2.45) is 0 Å². The normalized spacial score (nSPS) is 15.5. The minimum atomic E-state index is -4.44. The molecular weight excluding hydrogens is 317 g/mol. The number of carbonyl (C=O) groups is 1. The first-order valence-electron chi connectivity index (χ1n) is 7.72. The molecular formula is C18H17F3N2O. The molecule has 0 saturated carbocycles. The summed E-state index contributed by atoms with van der Waals surface area (Å²) in [6.07, 6.45) is -4.44. The van der Waals surface area contributed by atoms with E-state index in [1.807, 2.05) is 30.3 Å². The van der Waals surface area contributed by atoms with Crippen LogP contribution in [0, 0.1) is 0 Å². The van der Waals surface area contributed by atoms with E-state index < -0.39 is 11.7 Å². The number of piperazine rings is 1. The van der Waals surface area contributed by atoms with Crippen LogP contribution in [-0.4, -0.2) is 37.0 Å². The monoisotopic (exact) mass is 334 g/mol. The van der Waals surface area contributed by atoms with Crippen molar-refractivity contribution in [2.45, 2.75) is 6.18 Å². The molecule has 24 heavy (non-hydrogen) atoms. The first-order valence-corrected chi connectivity index (χ1v) is 7.72. The first-order chi connectivity index (χ1) is 11.4. The van der Waals surface area contributed by atoms with Gasteiger partial charge in [0.25, 0.3) is 5.91 Å². The van der Waals surface area contributed by atoms with Gasteiger partial charge in [0, 0.05) is 37.4 Å². The van der Waals surface area contributed by atoms with E-state index in [0.717, 1.165) is 17.8 Å². The molecule has 0 atom stereocenters. The van der Waals surface area contributed by atoms with E-state index in [1.54, 1.807) is 4.90 Å². The van der Waals surface area contributed by atoms with Gasteiger partial charge in [0.05, 0.1) is 5.56 Å². The van der Waals surface area contributed by atoms with E-state index in [0.29, 0.717) is 26.2 Å². The number of hydrogen-bond acceptors (Lipinski definition) is 2. The van der Waals surface area contributed by atoms with Crippen molar-refractivity contribution < 1.29 is 18.0 Å². The minimum Gasteiger partial charge on any atom is -0.368 e. The van der Waals surface area contributed by atoms with E-state index in [4.69, 9.17) is 0 Å². The quantitative estimate of drug-likeness (QED) is 0.837. The van der Waals surface area contributed by atoms with Crippen LogP contribution in [0.3, 0.4) is 0 Å². The van der Waals surface area contributed by atoms with Crippen molar-refractivity contribution in [3.8, 4) is 0 Å². The maximum Gasteiger partial charge on any atom is 0.416 e. The number of halogens is 3. The molecule has 0 radical (unpaired) electrons. The number of nitrogens with zero attached hydrogens (tertiary/aromatic N) is 2. The number of rotatable bonds is 2. The molecule has 2 aromatic carbocycles. The summed E-state index contributed by atoms with van der Waals surface area (Å²) in [5.41, 5.74) is 0.373. The molecule has 3 nitrogen and oxygen atoms in total. The van der Waals surface area contributed by atoms with E-state index >= 15 is 0 Å². The molecule has 1 fully saturated rings. The van der Waals surface area contributed by atoms with Gasteiger partial charge < -0.3 is 9.80 Å². The molecule has 1 aliphatic heterocycles.